The van der Waals surface area contributed by atoms with Gasteiger partial charge in [0.2, 0.25) is 0 Å². The third-order valence-corrected chi connectivity index (χ3v) is 8.92. The molecule has 1 aliphatic rings. The van der Waals surface area contributed by atoms with Crippen LogP contribution >= 0.6 is 0 Å². The first-order chi connectivity index (χ1) is 22.7. The van der Waals surface area contributed by atoms with Gasteiger partial charge < -0.3 is 4.57 Å². The Balaban J connectivity index is 1.20. The molecule has 0 saturated carbocycles. The van der Waals surface area contributed by atoms with E-state index < -0.39 is 0 Å². The first kappa shape index (κ1) is 26.1. The monoisotopic (exact) mass is 587 g/mol. The molecule has 1 aliphatic carbocycles. The first-order valence-corrected chi connectivity index (χ1v) is 15.3. The molecule has 0 spiro atoms. The fourth-order valence-corrected chi connectivity index (χ4v) is 6.79. The van der Waals surface area contributed by atoms with E-state index in [2.05, 4.69) is 95.6 Å². The lowest BCUT2D eigenvalue weighted by atomic mass is 10.0. The average molecular weight is 588 g/mol. The van der Waals surface area contributed by atoms with Crippen LogP contribution in [0.3, 0.4) is 0 Å². The molecule has 5 nitrogen and oxygen atoms in total. The molecule has 0 radical (unpaired) electrons. The fraction of sp³-hybridized carbons (Fsp3) is 0.0244. The van der Waals surface area contributed by atoms with Crippen LogP contribution in [0.15, 0.2) is 140 Å². The summed E-state index contributed by atoms with van der Waals surface area (Å²) in [6, 6.07) is 50.0. The van der Waals surface area contributed by atoms with Crippen LogP contribution in [0, 0.1) is 11.3 Å². The van der Waals surface area contributed by atoms with Crippen molar-refractivity contribution < 1.29 is 0 Å². The highest BCUT2D eigenvalue weighted by Crippen LogP contribution is 2.44. The molecule has 0 aliphatic heterocycles. The van der Waals surface area contributed by atoms with Crippen molar-refractivity contribution in [1.29, 1.82) is 5.26 Å². The SMILES string of the molecule is N#Cc1cccc(-c2nc(-c3ccccc3)nc(-c3ccc(-n4c5ccccc5c5ccc6c(c54)Cc4ccccc4-6)cc3)n2)c1. The van der Waals surface area contributed by atoms with Crippen LogP contribution in [0.5, 0.6) is 0 Å². The van der Waals surface area contributed by atoms with Crippen LogP contribution in [0.1, 0.15) is 16.7 Å². The molecule has 0 bridgehead atoms. The van der Waals surface area contributed by atoms with Crippen LogP contribution in [-0.2, 0) is 6.42 Å². The predicted octanol–water partition coefficient (Wildman–Crippen LogP) is 9.41. The lowest BCUT2D eigenvalue weighted by Gasteiger charge is -2.12. The normalized spacial score (nSPS) is 11.8. The van der Waals surface area contributed by atoms with Crippen molar-refractivity contribution >= 4 is 21.8 Å². The molecule has 0 amide bonds. The Morgan fingerprint density at radius 3 is 2.02 bits per heavy atom. The Labute approximate surface area is 265 Å². The molecule has 2 heterocycles. The molecule has 46 heavy (non-hydrogen) atoms. The summed E-state index contributed by atoms with van der Waals surface area (Å²) in [6.07, 6.45) is 0.917. The first-order valence-electron chi connectivity index (χ1n) is 15.3. The Hall–Kier alpha value is -6.38. The topological polar surface area (TPSA) is 67.4 Å². The fourth-order valence-electron chi connectivity index (χ4n) is 6.79. The van der Waals surface area contributed by atoms with Crippen molar-refractivity contribution in [2.75, 3.05) is 0 Å². The lowest BCUT2D eigenvalue weighted by molar-refractivity contribution is 1.07. The van der Waals surface area contributed by atoms with Gasteiger partial charge >= 0.3 is 0 Å². The number of fused-ring (bicyclic) bond motifs is 7. The van der Waals surface area contributed by atoms with E-state index in [1.165, 1.54) is 44.1 Å². The molecule has 0 unspecified atom stereocenters. The summed E-state index contributed by atoms with van der Waals surface area (Å²) in [4.78, 5) is 14.6. The van der Waals surface area contributed by atoms with E-state index in [-0.39, 0.29) is 0 Å². The van der Waals surface area contributed by atoms with E-state index in [0.29, 0.717) is 23.0 Å². The molecule has 6 aromatic carbocycles. The van der Waals surface area contributed by atoms with Gasteiger partial charge in [0.1, 0.15) is 0 Å². The number of aromatic nitrogens is 4. The van der Waals surface area contributed by atoms with Crippen molar-refractivity contribution in [3.63, 3.8) is 0 Å². The standard InChI is InChI=1S/C41H25N5/c42-25-26-9-8-13-30(23-26)41-44-39(27-10-2-1-3-11-27)43-40(45-41)28-17-19-31(20-18-28)46-37-16-7-6-15-34(37)35-22-21-33-32-14-5-4-12-29(32)24-36(33)38(35)46/h1-23H,24H2. The molecule has 8 aromatic rings. The van der Waals surface area contributed by atoms with Gasteiger partial charge in [0, 0.05) is 39.6 Å². The minimum absolute atomic E-state index is 0.530. The van der Waals surface area contributed by atoms with Gasteiger partial charge in [-0.05, 0) is 64.7 Å². The van der Waals surface area contributed by atoms with E-state index in [4.69, 9.17) is 15.0 Å². The third kappa shape index (κ3) is 4.12. The quantitative estimate of drug-likeness (QED) is 0.206. The molecule has 5 heteroatoms. The van der Waals surface area contributed by atoms with E-state index >= 15 is 0 Å². The summed E-state index contributed by atoms with van der Waals surface area (Å²) >= 11 is 0. The Morgan fingerprint density at radius 2 is 1.22 bits per heavy atom. The summed E-state index contributed by atoms with van der Waals surface area (Å²) < 4.78 is 2.40. The summed E-state index contributed by atoms with van der Waals surface area (Å²) in [7, 11) is 0. The minimum atomic E-state index is 0.530. The molecule has 0 saturated heterocycles. The van der Waals surface area contributed by atoms with E-state index in [9.17, 15) is 5.26 Å². The van der Waals surface area contributed by atoms with Gasteiger partial charge in [-0.3, -0.25) is 0 Å². The average Bonchev–Trinajstić information content (AvgIpc) is 3.68. The zero-order valence-electron chi connectivity index (χ0n) is 24.7. The maximum atomic E-state index is 9.50. The molecular formula is C41H25N5. The summed E-state index contributed by atoms with van der Waals surface area (Å²) in [5.41, 5.74) is 12.0. The number of para-hydroxylation sites is 1. The van der Waals surface area contributed by atoms with Crippen molar-refractivity contribution in [1.82, 2.24) is 19.5 Å². The van der Waals surface area contributed by atoms with Crippen LogP contribution in [0.4, 0.5) is 0 Å². The summed E-state index contributed by atoms with van der Waals surface area (Å²) in [5, 5.41) is 12.0. The smallest absolute Gasteiger partial charge is 0.164 e. The number of nitriles is 1. The van der Waals surface area contributed by atoms with Crippen molar-refractivity contribution in [3.8, 4) is 57.0 Å². The maximum absolute atomic E-state index is 9.50. The second-order valence-corrected chi connectivity index (χ2v) is 11.6. The second kappa shape index (κ2) is 10.4. The van der Waals surface area contributed by atoms with E-state index in [1.54, 1.807) is 6.07 Å². The van der Waals surface area contributed by atoms with Gasteiger partial charge in [0.25, 0.3) is 0 Å². The van der Waals surface area contributed by atoms with Crippen molar-refractivity contribution in [2.24, 2.45) is 0 Å². The minimum Gasteiger partial charge on any atom is -0.309 e. The number of hydrogen-bond donors (Lipinski definition) is 0. The number of benzene rings is 6. The summed E-state index contributed by atoms with van der Waals surface area (Å²) in [5.74, 6) is 1.70. The van der Waals surface area contributed by atoms with Crippen LogP contribution in [-0.4, -0.2) is 19.5 Å². The Kier molecular flexibility index (Phi) is 5.87. The molecule has 2 aromatic heterocycles. The highest BCUT2D eigenvalue weighted by molar-refractivity contribution is 6.12. The second-order valence-electron chi connectivity index (χ2n) is 11.6. The van der Waals surface area contributed by atoms with Gasteiger partial charge in [-0.1, -0.05) is 97.1 Å². The highest BCUT2D eigenvalue weighted by Gasteiger charge is 2.24. The van der Waals surface area contributed by atoms with Gasteiger partial charge in [-0.25, -0.2) is 15.0 Å². The lowest BCUT2D eigenvalue weighted by Crippen LogP contribution is -2.01. The number of rotatable bonds is 4. The Morgan fingerprint density at radius 1 is 0.543 bits per heavy atom. The third-order valence-electron chi connectivity index (χ3n) is 8.92. The van der Waals surface area contributed by atoms with Gasteiger partial charge in [0.05, 0.1) is 22.7 Å². The molecule has 0 atom stereocenters. The van der Waals surface area contributed by atoms with Gasteiger partial charge in [-0.15, -0.1) is 0 Å². The summed E-state index contributed by atoms with van der Waals surface area (Å²) in [6.45, 7) is 0. The van der Waals surface area contributed by atoms with E-state index in [0.717, 1.165) is 28.8 Å². The van der Waals surface area contributed by atoms with Gasteiger partial charge in [-0.2, -0.15) is 5.26 Å². The predicted molar refractivity (Wildman–Crippen MR) is 183 cm³/mol. The molecule has 214 valence electrons. The maximum Gasteiger partial charge on any atom is 0.164 e. The van der Waals surface area contributed by atoms with E-state index in [1.807, 2.05) is 48.5 Å². The van der Waals surface area contributed by atoms with Crippen LogP contribution < -0.4 is 0 Å². The molecule has 0 fully saturated rings. The Bertz CT molecular complexity index is 2500. The van der Waals surface area contributed by atoms with Crippen molar-refractivity contribution in [3.05, 3.63) is 156 Å². The zero-order chi connectivity index (χ0) is 30.6. The molecular weight excluding hydrogens is 562 g/mol. The molecule has 0 N–H and O–H groups in total. The molecule has 9 rings (SSSR count). The van der Waals surface area contributed by atoms with Gasteiger partial charge in [0.15, 0.2) is 17.5 Å². The highest BCUT2D eigenvalue weighted by atomic mass is 15.0. The van der Waals surface area contributed by atoms with Crippen LogP contribution in [0.2, 0.25) is 0 Å². The number of hydrogen-bond acceptors (Lipinski definition) is 4. The zero-order valence-corrected chi connectivity index (χ0v) is 24.7. The largest absolute Gasteiger partial charge is 0.309 e. The number of nitrogens with zero attached hydrogens (tertiary/aromatic N) is 5. The van der Waals surface area contributed by atoms with Crippen molar-refractivity contribution in [2.45, 2.75) is 6.42 Å². The van der Waals surface area contributed by atoms with Crippen LogP contribution in [0.25, 0.3) is 72.8 Å².